The minimum Gasteiger partial charge on any atom is -0.478 e. The van der Waals surface area contributed by atoms with Crippen LogP contribution in [0.3, 0.4) is 0 Å². The molecule has 64 valence electrons. The third-order valence-electron chi connectivity index (χ3n) is 1.50. The molecular weight excluding hydrogens is 171 g/mol. The summed E-state index contributed by atoms with van der Waals surface area (Å²) in [6, 6.07) is 3.63. The Balaban J connectivity index is 3.35. The van der Waals surface area contributed by atoms with Gasteiger partial charge >= 0.3 is 11.9 Å². The van der Waals surface area contributed by atoms with E-state index in [-0.39, 0.29) is 16.6 Å². The lowest BCUT2D eigenvalue weighted by Gasteiger charge is -2.01. The van der Waals surface area contributed by atoms with Gasteiger partial charge in [-0.15, -0.1) is 0 Å². The van der Waals surface area contributed by atoms with E-state index in [4.69, 9.17) is 18.1 Å². The van der Waals surface area contributed by atoms with Crippen molar-refractivity contribution in [3.8, 4) is 0 Å². The van der Waals surface area contributed by atoms with Crippen LogP contribution in [0.2, 0.25) is 0 Å². The Labute approximate surface area is 75.2 Å². The van der Waals surface area contributed by atoms with E-state index in [1.807, 2.05) is 0 Å². The molecule has 0 fully saturated rings. The molecule has 5 heteroatoms. The summed E-state index contributed by atoms with van der Waals surface area (Å²) in [5, 5.41) is 17.2. The lowest BCUT2D eigenvalue weighted by atomic mass is 9.92. The molecular formula is C8H5BO4. The molecule has 0 spiro atoms. The highest BCUT2D eigenvalue weighted by Gasteiger charge is 2.14. The van der Waals surface area contributed by atoms with E-state index in [1.165, 1.54) is 12.1 Å². The van der Waals surface area contributed by atoms with Crippen LogP contribution in [0.1, 0.15) is 20.7 Å². The van der Waals surface area contributed by atoms with Gasteiger partial charge in [0.15, 0.2) is 0 Å². The van der Waals surface area contributed by atoms with Crippen molar-refractivity contribution in [2.75, 3.05) is 0 Å². The molecule has 0 aliphatic carbocycles. The summed E-state index contributed by atoms with van der Waals surface area (Å²) in [4.78, 5) is 21.1. The number of carbonyl (C=O) groups is 2. The topological polar surface area (TPSA) is 74.6 Å². The Hall–Kier alpha value is -1.78. The zero-order valence-electron chi connectivity index (χ0n) is 6.52. The van der Waals surface area contributed by atoms with E-state index in [0.29, 0.717) is 0 Å². The van der Waals surface area contributed by atoms with Crippen molar-refractivity contribution in [3.63, 3.8) is 0 Å². The molecule has 0 unspecified atom stereocenters. The molecule has 0 heterocycles. The highest BCUT2D eigenvalue weighted by Crippen LogP contribution is 2.06. The van der Waals surface area contributed by atoms with Crippen LogP contribution in [0.15, 0.2) is 18.2 Å². The van der Waals surface area contributed by atoms with Crippen molar-refractivity contribution in [2.45, 2.75) is 0 Å². The highest BCUT2D eigenvalue weighted by molar-refractivity contribution is 6.32. The van der Waals surface area contributed by atoms with Crippen LogP contribution in [0.4, 0.5) is 0 Å². The third-order valence-corrected chi connectivity index (χ3v) is 1.50. The van der Waals surface area contributed by atoms with Gasteiger partial charge in [-0.1, -0.05) is 17.6 Å². The van der Waals surface area contributed by atoms with E-state index in [9.17, 15) is 9.59 Å². The summed E-state index contributed by atoms with van der Waals surface area (Å²) in [5.41, 5.74) is -0.336. The number of hydrogen-bond acceptors (Lipinski definition) is 2. The molecule has 0 aromatic heterocycles. The molecule has 13 heavy (non-hydrogen) atoms. The average Bonchev–Trinajstić information content (AvgIpc) is 2.03. The summed E-state index contributed by atoms with van der Waals surface area (Å²) >= 11 is 0. The Morgan fingerprint density at radius 2 is 1.62 bits per heavy atom. The standard InChI is InChI=1S/C8H5BO4/c9-4-1-2-5(7(10)11)6(3-4)8(12)13/h1-3H,(H,10,11)(H,12,13). The van der Waals surface area contributed by atoms with Crippen LogP contribution in [0, 0.1) is 0 Å². The number of carboxylic acid groups (broad SMARTS) is 2. The zero-order valence-corrected chi connectivity index (χ0v) is 6.52. The monoisotopic (exact) mass is 176 g/mol. The molecule has 4 nitrogen and oxygen atoms in total. The first-order valence-corrected chi connectivity index (χ1v) is 3.38. The van der Waals surface area contributed by atoms with Gasteiger partial charge in [-0.2, -0.15) is 0 Å². The van der Waals surface area contributed by atoms with E-state index >= 15 is 0 Å². The van der Waals surface area contributed by atoms with Crippen molar-refractivity contribution in [1.82, 2.24) is 0 Å². The summed E-state index contributed by atoms with van der Waals surface area (Å²) in [6.45, 7) is 0. The predicted octanol–water partition coefficient (Wildman–Crippen LogP) is -0.123. The van der Waals surface area contributed by atoms with Gasteiger partial charge in [-0.25, -0.2) is 9.59 Å². The smallest absolute Gasteiger partial charge is 0.336 e. The number of carboxylic acids is 2. The SMILES string of the molecule is [B]c1ccc(C(=O)O)c(C(=O)O)c1. The van der Waals surface area contributed by atoms with Gasteiger partial charge < -0.3 is 10.2 Å². The van der Waals surface area contributed by atoms with Crippen molar-refractivity contribution in [3.05, 3.63) is 29.3 Å². The fourth-order valence-corrected chi connectivity index (χ4v) is 0.925. The van der Waals surface area contributed by atoms with Crippen molar-refractivity contribution in [2.24, 2.45) is 0 Å². The Morgan fingerprint density at radius 1 is 1.08 bits per heavy atom. The number of benzene rings is 1. The van der Waals surface area contributed by atoms with Gasteiger partial charge in [0.2, 0.25) is 0 Å². The van der Waals surface area contributed by atoms with Gasteiger partial charge in [0.25, 0.3) is 0 Å². The average molecular weight is 176 g/mol. The minimum atomic E-state index is -1.30. The minimum absolute atomic E-state index is 0.224. The first kappa shape index (κ1) is 9.31. The molecule has 0 aliphatic heterocycles. The summed E-state index contributed by atoms with van der Waals surface area (Å²) in [6.07, 6.45) is 0. The largest absolute Gasteiger partial charge is 0.478 e. The molecule has 1 aromatic carbocycles. The fourth-order valence-electron chi connectivity index (χ4n) is 0.925. The lowest BCUT2D eigenvalue weighted by molar-refractivity contribution is 0.0651. The van der Waals surface area contributed by atoms with Crippen LogP contribution in [0.25, 0.3) is 0 Å². The van der Waals surface area contributed by atoms with Crippen LogP contribution >= 0.6 is 0 Å². The quantitative estimate of drug-likeness (QED) is 0.615. The van der Waals surface area contributed by atoms with E-state index in [2.05, 4.69) is 0 Å². The summed E-state index contributed by atoms with van der Waals surface area (Å²) < 4.78 is 0. The lowest BCUT2D eigenvalue weighted by Crippen LogP contribution is -2.13. The Bertz CT molecular complexity index is 372. The molecule has 2 radical (unpaired) electrons. The van der Waals surface area contributed by atoms with Gasteiger partial charge in [-0.3, -0.25) is 0 Å². The fraction of sp³-hybridized carbons (Fsp3) is 0. The van der Waals surface area contributed by atoms with Crippen LogP contribution in [-0.4, -0.2) is 30.0 Å². The number of hydrogen-bond donors (Lipinski definition) is 2. The number of rotatable bonds is 2. The predicted molar refractivity (Wildman–Crippen MR) is 45.7 cm³/mol. The van der Waals surface area contributed by atoms with Gasteiger partial charge in [0, 0.05) is 0 Å². The molecule has 0 bridgehead atoms. The normalized spacial score (nSPS) is 9.54. The van der Waals surface area contributed by atoms with E-state index in [0.717, 1.165) is 6.07 Å². The molecule has 1 aromatic rings. The van der Waals surface area contributed by atoms with Gasteiger partial charge in [0.1, 0.15) is 7.85 Å². The summed E-state index contributed by atoms with van der Waals surface area (Å²) in [7, 11) is 5.31. The highest BCUT2D eigenvalue weighted by atomic mass is 16.4. The molecule has 1 rings (SSSR count). The van der Waals surface area contributed by atoms with Crippen molar-refractivity contribution < 1.29 is 19.8 Å². The Morgan fingerprint density at radius 3 is 2.08 bits per heavy atom. The van der Waals surface area contributed by atoms with Crippen molar-refractivity contribution in [1.29, 1.82) is 0 Å². The van der Waals surface area contributed by atoms with Crippen LogP contribution in [0.5, 0.6) is 0 Å². The third kappa shape index (κ3) is 1.87. The maximum absolute atomic E-state index is 10.6. The maximum atomic E-state index is 10.6. The molecule has 2 N–H and O–H groups in total. The maximum Gasteiger partial charge on any atom is 0.336 e. The molecule has 0 amide bonds. The molecule has 0 atom stereocenters. The van der Waals surface area contributed by atoms with Crippen molar-refractivity contribution >= 4 is 25.2 Å². The van der Waals surface area contributed by atoms with E-state index in [1.54, 1.807) is 0 Å². The first-order chi connectivity index (χ1) is 6.02. The second-order valence-electron chi connectivity index (χ2n) is 2.42. The molecule has 0 saturated heterocycles. The van der Waals surface area contributed by atoms with Crippen LogP contribution < -0.4 is 5.46 Å². The first-order valence-electron chi connectivity index (χ1n) is 3.38. The van der Waals surface area contributed by atoms with Gasteiger partial charge in [0.05, 0.1) is 11.1 Å². The Kier molecular flexibility index (Phi) is 2.37. The van der Waals surface area contributed by atoms with Gasteiger partial charge in [-0.05, 0) is 6.07 Å². The molecule has 0 saturated carbocycles. The van der Waals surface area contributed by atoms with Crippen LogP contribution in [-0.2, 0) is 0 Å². The zero-order chi connectivity index (χ0) is 10.0. The summed E-state index contributed by atoms with van der Waals surface area (Å²) in [5.74, 6) is -2.58. The number of aromatic carboxylic acids is 2. The second-order valence-corrected chi connectivity index (χ2v) is 2.42. The molecule has 0 aliphatic rings. The van der Waals surface area contributed by atoms with E-state index < -0.39 is 11.9 Å². The second kappa shape index (κ2) is 3.31.